The molecule has 4 aromatic rings. The standard InChI is InChI=1S/C23H20FN7/c24-16-8-15(10-26-11-16)21-29-22-20(25)12-27-31(22)23(30-21)28-17-6-5-14-7-13-3-1-2-4-18(13)19(14)9-17/h1-4,8,10-12,17H,5-7,9,25H2,(H,28,29,30)/t17-/m1/s1. The second-order valence-corrected chi connectivity index (χ2v) is 8.10. The van der Waals surface area contributed by atoms with E-state index in [0.29, 0.717) is 28.7 Å². The molecule has 0 aliphatic heterocycles. The number of aromatic nitrogens is 5. The van der Waals surface area contributed by atoms with Crippen molar-refractivity contribution in [2.24, 2.45) is 0 Å². The van der Waals surface area contributed by atoms with Gasteiger partial charge in [-0.1, -0.05) is 29.8 Å². The number of hydrogen-bond donors (Lipinski definition) is 2. The summed E-state index contributed by atoms with van der Waals surface area (Å²) in [5.41, 5.74) is 13.3. The van der Waals surface area contributed by atoms with Gasteiger partial charge >= 0.3 is 0 Å². The van der Waals surface area contributed by atoms with Crippen LogP contribution in [-0.4, -0.2) is 30.6 Å². The molecule has 1 atom stereocenters. The van der Waals surface area contributed by atoms with Crippen molar-refractivity contribution in [1.82, 2.24) is 24.6 Å². The zero-order chi connectivity index (χ0) is 20.9. The molecule has 2 aliphatic carbocycles. The van der Waals surface area contributed by atoms with Crippen LogP contribution >= 0.6 is 0 Å². The highest BCUT2D eigenvalue weighted by Gasteiger charge is 2.28. The SMILES string of the molecule is Nc1cnn2c(N[C@@H]3CCC4=C(C3)c3ccccc3C4)nc(-c3cncc(F)c3)nc12. The Morgan fingerprint density at radius 2 is 2.03 bits per heavy atom. The summed E-state index contributed by atoms with van der Waals surface area (Å²) in [5, 5.41) is 7.89. The van der Waals surface area contributed by atoms with Gasteiger partial charge in [-0.25, -0.2) is 9.37 Å². The molecule has 3 heterocycles. The third kappa shape index (κ3) is 3.02. The molecule has 7 nitrogen and oxygen atoms in total. The molecule has 0 bridgehead atoms. The Hall–Kier alpha value is -3.81. The second-order valence-electron chi connectivity index (χ2n) is 8.10. The summed E-state index contributed by atoms with van der Waals surface area (Å²) in [5.74, 6) is 0.459. The number of fused-ring (bicyclic) bond motifs is 3. The van der Waals surface area contributed by atoms with Crippen LogP contribution in [0.4, 0.5) is 16.0 Å². The Labute approximate surface area is 177 Å². The molecule has 0 spiro atoms. The molecule has 0 amide bonds. The maximum absolute atomic E-state index is 13.7. The largest absolute Gasteiger partial charge is 0.394 e. The number of nitrogens with two attached hydrogens (primary N) is 1. The van der Waals surface area contributed by atoms with Gasteiger partial charge in [0.25, 0.3) is 0 Å². The van der Waals surface area contributed by atoms with Crippen molar-refractivity contribution in [1.29, 1.82) is 0 Å². The third-order valence-corrected chi connectivity index (χ3v) is 6.11. The van der Waals surface area contributed by atoms with Crippen molar-refractivity contribution in [2.75, 3.05) is 11.1 Å². The van der Waals surface area contributed by atoms with E-state index in [4.69, 9.17) is 5.73 Å². The molecule has 6 rings (SSSR count). The molecule has 31 heavy (non-hydrogen) atoms. The van der Waals surface area contributed by atoms with E-state index in [2.05, 4.69) is 49.6 Å². The molecule has 1 aromatic carbocycles. The number of halogens is 1. The minimum atomic E-state index is -0.441. The predicted octanol–water partition coefficient (Wildman–Crippen LogP) is 3.88. The zero-order valence-electron chi connectivity index (χ0n) is 16.7. The Morgan fingerprint density at radius 3 is 2.94 bits per heavy atom. The van der Waals surface area contributed by atoms with Crippen molar-refractivity contribution in [3.63, 3.8) is 0 Å². The topological polar surface area (TPSA) is 94.0 Å². The fourth-order valence-electron chi connectivity index (χ4n) is 4.64. The monoisotopic (exact) mass is 413 g/mol. The van der Waals surface area contributed by atoms with Crippen molar-refractivity contribution >= 4 is 22.9 Å². The van der Waals surface area contributed by atoms with Gasteiger partial charge in [-0.3, -0.25) is 4.98 Å². The Kier molecular flexibility index (Phi) is 3.99. The van der Waals surface area contributed by atoms with Crippen LogP contribution in [-0.2, 0) is 6.42 Å². The fraction of sp³-hybridized carbons (Fsp3) is 0.217. The summed E-state index contributed by atoms with van der Waals surface area (Å²) in [6.07, 6.45) is 8.29. The van der Waals surface area contributed by atoms with E-state index < -0.39 is 5.82 Å². The normalized spacial score (nSPS) is 17.6. The van der Waals surface area contributed by atoms with Crippen molar-refractivity contribution < 1.29 is 4.39 Å². The van der Waals surface area contributed by atoms with Gasteiger partial charge in [-0.15, -0.1) is 0 Å². The molecule has 0 fully saturated rings. The first-order valence-electron chi connectivity index (χ1n) is 10.3. The Balaban J connectivity index is 1.36. The van der Waals surface area contributed by atoms with Gasteiger partial charge in [0.05, 0.1) is 18.1 Å². The summed E-state index contributed by atoms with van der Waals surface area (Å²) in [4.78, 5) is 13.1. The number of allylic oxidation sites excluding steroid dienone is 1. The fourth-order valence-corrected chi connectivity index (χ4v) is 4.64. The van der Waals surface area contributed by atoms with Gasteiger partial charge in [0, 0.05) is 17.8 Å². The molecule has 0 saturated heterocycles. The summed E-state index contributed by atoms with van der Waals surface area (Å²) in [6, 6.07) is 10.2. The first kappa shape index (κ1) is 18.0. The van der Waals surface area contributed by atoms with E-state index in [1.54, 1.807) is 22.5 Å². The van der Waals surface area contributed by atoms with Gasteiger partial charge in [0.2, 0.25) is 5.95 Å². The van der Waals surface area contributed by atoms with E-state index in [-0.39, 0.29) is 6.04 Å². The van der Waals surface area contributed by atoms with Crippen LogP contribution in [0.2, 0.25) is 0 Å². The lowest BCUT2D eigenvalue weighted by molar-refractivity contribution is 0.621. The van der Waals surface area contributed by atoms with Crippen molar-refractivity contribution in [3.05, 3.63) is 71.4 Å². The molecule has 0 saturated carbocycles. The van der Waals surface area contributed by atoms with Gasteiger partial charge < -0.3 is 11.1 Å². The van der Waals surface area contributed by atoms with Crippen LogP contribution in [0, 0.1) is 5.82 Å². The first-order chi connectivity index (χ1) is 15.2. The molecule has 8 heteroatoms. The van der Waals surface area contributed by atoms with Crippen molar-refractivity contribution in [2.45, 2.75) is 31.7 Å². The average molecular weight is 413 g/mol. The quantitative estimate of drug-likeness (QED) is 0.529. The minimum Gasteiger partial charge on any atom is -0.394 e. The van der Waals surface area contributed by atoms with Gasteiger partial charge in [0.15, 0.2) is 11.5 Å². The lowest BCUT2D eigenvalue weighted by atomic mass is 9.88. The van der Waals surface area contributed by atoms with E-state index in [9.17, 15) is 4.39 Å². The van der Waals surface area contributed by atoms with Crippen LogP contribution in [0.5, 0.6) is 0 Å². The highest BCUT2D eigenvalue weighted by molar-refractivity contribution is 5.78. The Bertz CT molecular complexity index is 1360. The molecule has 0 radical (unpaired) electrons. The van der Waals surface area contributed by atoms with E-state index in [1.807, 2.05) is 0 Å². The summed E-state index contributed by atoms with van der Waals surface area (Å²) in [6.45, 7) is 0. The molecule has 3 aromatic heterocycles. The second kappa shape index (κ2) is 6.87. The zero-order valence-corrected chi connectivity index (χ0v) is 16.7. The first-order valence-corrected chi connectivity index (χ1v) is 10.3. The smallest absolute Gasteiger partial charge is 0.228 e. The highest BCUT2D eigenvalue weighted by Crippen LogP contribution is 2.42. The maximum atomic E-state index is 13.7. The number of pyridine rings is 1. The lowest BCUT2D eigenvalue weighted by Crippen LogP contribution is -2.25. The predicted molar refractivity (Wildman–Crippen MR) is 117 cm³/mol. The summed E-state index contributed by atoms with van der Waals surface area (Å²) >= 11 is 0. The number of hydrogen-bond acceptors (Lipinski definition) is 6. The van der Waals surface area contributed by atoms with Crippen LogP contribution in [0.3, 0.4) is 0 Å². The molecular formula is C23H20FN7. The molecule has 3 N–H and O–H groups in total. The average Bonchev–Trinajstić information content (AvgIpc) is 3.34. The van der Waals surface area contributed by atoms with E-state index in [1.165, 1.54) is 22.8 Å². The van der Waals surface area contributed by atoms with E-state index >= 15 is 0 Å². The number of nitrogens with one attached hydrogen (secondary N) is 1. The molecule has 154 valence electrons. The number of nitrogens with zero attached hydrogens (tertiary/aromatic N) is 5. The van der Waals surface area contributed by atoms with Crippen LogP contribution in [0.25, 0.3) is 22.6 Å². The molecule has 2 aliphatic rings. The maximum Gasteiger partial charge on any atom is 0.228 e. The van der Waals surface area contributed by atoms with Gasteiger partial charge in [0.1, 0.15) is 5.82 Å². The third-order valence-electron chi connectivity index (χ3n) is 6.11. The number of anilines is 2. The van der Waals surface area contributed by atoms with Crippen LogP contribution in [0.15, 0.2) is 54.5 Å². The van der Waals surface area contributed by atoms with Crippen LogP contribution < -0.4 is 11.1 Å². The van der Waals surface area contributed by atoms with Gasteiger partial charge in [-0.05, 0) is 48.4 Å². The van der Waals surface area contributed by atoms with Crippen molar-refractivity contribution in [3.8, 4) is 11.4 Å². The lowest BCUT2D eigenvalue weighted by Gasteiger charge is -2.26. The number of nitrogen functional groups attached to an aromatic ring is 1. The molecular weight excluding hydrogens is 393 g/mol. The molecule has 0 unspecified atom stereocenters. The van der Waals surface area contributed by atoms with Crippen LogP contribution in [0.1, 0.15) is 30.4 Å². The summed E-state index contributed by atoms with van der Waals surface area (Å²) < 4.78 is 15.3. The highest BCUT2D eigenvalue weighted by atomic mass is 19.1. The Morgan fingerprint density at radius 1 is 1.13 bits per heavy atom. The minimum absolute atomic E-state index is 0.201. The van der Waals surface area contributed by atoms with E-state index in [0.717, 1.165) is 31.9 Å². The number of rotatable bonds is 3. The van der Waals surface area contributed by atoms with Gasteiger partial charge in [-0.2, -0.15) is 14.6 Å². The summed E-state index contributed by atoms with van der Waals surface area (Å²) in [7, 11) is 0. The number of benzene rings is 1.